The predicted molar refractivity (Wildman–Crippen MR) is 97.5 cm³/mol. The van der Waals surface area contributed by atoms with E-state index in [-0.39, 0.29) is 17.8 Å². The number of Topliss-reactive ketones (excluding diaryl/α,β-unsaturated/α-hetero) is 1. The zero-order chi connectivity index (χ0) is 18.7. The standard InChI is InChI=1S/C20H23N3O3/c1-13-11-14(2)22-20(21-13)26-18-5-4-10-23(12-18)19(25)17-8-6-16(7-9-17)15(3)24/h6-9,11,18H,4-5,10,12H2,1-3H3. The van der Waals surface area contributed by atoms with Crippen LogP contribution in [0.25, 0.3) is 0 Å². The number of carbonyl (C=O) groups excluding carboxylic acids is 2. The Morgan fingerprint density at radius 1 is 1.08 bits per heavy atom. The first-order valence-electron chi connectivity index (χ1n) is 8.81. The number of ketones is 1. The number of aromatic nitrogens is 2. The normalized spacial score (nSPS) is 17.0. The Kier molecular flexibility index (Phi) is 5.30. The number of rotatable bonds is 4. The Balaban J connectivity index is 1.67. The first-order chi connectivity index (χ1) is 12.4. The van der Waals surface area contributed by atoms with E-state index in [4.69, 9.17) is 4.74 Å². The molecule has 2 heterocycles. The van der Waals surface area contributed by atoms with E-state index in [1.54, 1.807) is 29.2 Å². The van der Waals surface area contributed by atoms with Gasteiger partial charge in [-0.1, -0.05) is 12.1 Å². The number of piperidine rings is 1. The van der Waals surface area contributed by atoms with Gasteiger partial charge in [-0.15, -0.1) is 0 Å². The zero-order valence-corrected chi connectivity index (χ0v) is 15.4. The van der Waals surface area contributed by atoms with Crippen LogP contribution < -0.4 is 4.74 Å². The molecule has 0 N–H and O–H groups in total. The summed E-state index contributed by atoms with van der Waals surface area (Å²) in [6.45, 7) is 6.52. The maximum atomic E-state index is 12.7. The van der Waals surface area contributed by atoms with E-state index < -0.39 is 0 Å². The van der Waals surface area contributed by atoms with Crippen LogP contribution in [0.2, 0.25) is 0 Å². The number of ether oxygens (including phenoxy) is 1. The molecular weight excluding hydrogens is 330 g/mol. The van der Waals surface area contributed by atoms with E-state index in [2.05, 4.69) is 9.97 Å². The third kappa shape index (κ3) is 4.25. The van der Waals surface area contributed by atoms with Crippen LogP contribution in [-0.4, -0.2) is 45.8 Å². The Morgan fingerprint density at radius 2 is 1.69 bits per heavy atom. The predicted octanol–water partition coefficient (Wildman–Crippen LogP) is 2.98. The topological polar surface area (TPSA) is 72.4 Å². The average molecular weight is 353 g/mol. The van der Waals surface area contributed by atoms with E-state index in [9.17, 15) is 9.59 Å². The van der Waals surface area contributed by atoms with Crippen molar-refractivity contribution >= 4 is 11.7 Å². The minimum atomic E-state index is -0.120. The maximum Gasteiger partial charge on any atom is 0.317 e. The van der Waals surface area contributed by atoms with Crippen LogP contribution in [-0.2, 0) is 0 Å². The molecule has 1 atom stereocenters. The zero-order valence-electron chi connectivity index (χ0n) is 15.4. The summed E-state index contributed by atoms with van der Waals surface area (Å²) >= 11 is 0. The fourth-order valence-electron chi connectivity index (χ4n) is 3.14. The van der Waals surface area contributed by atoms with Crippen molar-refractivity contribution in [3.05, 3.63) is 52.8 Å². The molecule has 136 valence electrons. The van der Waals surface area contributed by atoms with Gasteiger partial charge < -0.3 is 9.64 Å². The minimum absolute atomic E-state index is 0.0103. The minimum Gasteiger partial charge on any atom is -0.458 e. The van der Waals surface area contributed by atoms with Crippen molar-refractivity contribution in [2.45, 2.75) is 39.7 Å². The van der Waals surface area contributed by atoms with Gasteiger partial charge in [-0.25, -0.2) is 9.97 Å². The maximum absolute atomic E-state index is 12.7. The molecule has 1 aliphatic heterocycles. The molecule has 1 aromatic carbocycles. The first-order valence-corrected chi connectivity index (χ1v) is 8.81. The molecule has 26 heavy (non-hydrogen) atoms. The number of aryl methyl sites for hydroxylation is 2. The van der Waals surface area contributed by atoms with Crippen molar-refractivity contribution in [3.8, 4) is 6.01 Å². The van der Waals surface area contributed by atoms with Gasteiger partial charge in [0.15, 0.2) is 5.78 Å². The molecule has 0 bridgehead atoms. The van der Waals surface area contributed by atoms with Crippen molar-refractivity contribution in [1.29, 1.82) is 0 Å². The fourth-order valence-corrected chi connectivity index (χ4v) is 3.14. The van der Waals surface area contributed by atoms with Gasteiger partial charge in [0.2, 0.25) is 0 Å². The Bertz CT molecular complexity index is 797. The molecular formula is C20H23N3O3. The van der Waals surface area contributed by atoms with Crippen molar-refractivity contribution in [2.75, 3.05) is 13.1 Å². The highest BCUT2D eigenvalue weighted by atomic mass is 16.5. The number of hydrogen-bond acceptors (Lipinski definition) is 5. The summed E-state index contributed by atoms with van der Waals surface area (Å²) in [6.07, 6.45) is 1.61. The summed E-state index contributed by atoms with van der Waals surface area (Å²) in [4.78, 5) is 34.5. The molecule has 2 aromatic rings. The van der Waals surface area contributed by atoms with Gasteiger partial charge in [0.1, 0.15) is 6.10 Å². The van der Waals surface area contributed by atoms with Gasteiger partial charge in [-0.3, -0.25) is 9.59 Å². The number of hydrogen-bond donors (Lipinski definition) is 0. The number of carbonyl (C=O) groups is 2. The molecule has 6 heteroatoms. The molecule has 1 unspecified atom stereocenters. The third-order valence-corrected chi connectivity index (χ3v) is 4.44. The lowest BCUT2D eigenvalue weighted by Gasteiger charge is -2.32. The summed E-state index contributed by atoms with van der Waals surface area (Å²) in [5, 5.41) is 0. The van der Waals surface area contributed by atoms with E-state index >= 15 is 0 Å². The van der Waals surface area contributed by atoms with Gasteiger partial charge >= 0.3 is 6.01 Å². The number of benzene rings is 1. The summed E-state index contributed by atoms with van der Waals surface area (Å²) in [5.41, 5.74) is 2.91. The van der Waals surface area contributed by atoms with Crippen molar-refractivity contribution < 1.29 is 14.3 Å². The largest absolute Gasteiger partial charge is 0.458 e. The van der Waals surface area contributed by atoms with Crippen LogP contribution >= 0.6 is 0 Å². The van der Waals surface area contributed by atoms with Crippen LogP contribution in [0, 0.1) is 13.8 Å². The van der Waals surface area contributed by atoms with Crippen LogP contribution in [0.1, 0.15) is 51.9 Å². The smallest absolute Gasteiger partial charge is 0.317 e. The molecule has 1 fully saturated rings. The Morgan fingerprint density at radius 3 is 2.31 bits per heavy atom. The molecule has 0 saturated carbocycles. The van der Waals surface area contributed by atoms with Gasteiger partial charge in [0.25, 0.3) is 5.91 Å². The monoisotopic (exact) mass is 353 g/mol. The summed E-state index contributed by atoms with van der Waals surface area (Å²) in [5.74, 6) is -0.0568. The van der Waals surface area contributed by atoms with Gasteiger partial charge in [0.05, 0.1) is 6.54 Å². The van der Waals surface area contributed by atoms with E-state index in [0.29, 0.717) is 30.2 Å². The highest BCUT2D eigenvalue weighted by Crippen LogP contribution is 2.18. The lowest BCUT2D eigenvalue weighted by atomic mass is 10.0. The van der Waals surface area contributed by atoms with E-state index in [0.717, 1.165) is 24.2 Å². The van der Waals surface area contributed by atoms with Crippen LogP contribution in [0.3, 0.4) is 0 Å². The van der Waals surface area contributed by atoms with Crippen LogP contribution in [0.4, 0.5) is 0 Å². The van der Waals surface area contributed by atoms with Crippen molar-refractivity contribution in [1.82, 2.24) is 14.9 Å². The molecule has 1 aliphatic rings. The van der Waals surface area contributed by atoms with Crippen molar-refractivity contribution in [3.63, 3.8) is 0 Å². The van der Waals surface area contributed by atoms with Crippen LogP contribution in [0.15, 0.2) is 30.3 Å². The average Bonchev–Trinajstić information content (AvgIpc) is 2.60. The number of amides is 1. The molecule has 3 rings (SSSR count). The summed E-state index contributed by atoms with van der Waals surface area (Å²) in [6, 6.07) is 9.06. The lowest BCUT2D eigenvalue weighted by molar-refractivity contribution is 0.0515. The molecule has 1 saturated heterocycles. The quantitative estimate of drug-likeness (QED) is 0.790. The fraction of sp³-hybridized carbons (Fsp3) is 0.400. The third-order valence-electron chi connectivity index (χ3n) is 4.44. The molecule has 0 spiro atoms. The summed E-state index contributed by atoms with van der Waals surface area (Å²) in [7, 11) is 0. The molecule has 1 amide bonds. The summed E-state index contributed by atoms with van der Waals surface area (Å²) < 4.78 is 5.92. The molecule has 0 aliphatic carbocycles. The van der Waals surface area contributed by atoms with E-state index in [1.165, 1.54) is 6.92 Å². The number of likely N-dealkylation sites (tertiary alicyclic amines) is 1. The molecule has 1 aromatic heterocycles. The second-order valence-corrected chi connectivity index (χ2v) is 6.70. The van der Waals surface area contributed by atoms with Gasteiger partial charge in [-0.05, 0) is 51.8 Å². The van der Waals surface area contributed by atoms with Crippen LogP contribution in [0.5, 0.6) is 6.01 Å². The highest BCUT2D eigenvalue weighted by molar-refractivity contribution is 5.97. The molecule has 6 nitrogen and oxygen atoms in total. The van der Waals surface area contributed by atoms with Gasteiger partial charge in [0, 0.05) is 29.1 Å². The highest BCUT2D eigenvalue weighted by Gasteiger charge is 2.26. The first kappa shape index (κ1) is 18.0. The second-order valence-electron chi connectivity index (χ2n) is 6.70. The number of nitrogens with zero attached hydrogens (tertiary/aromatic N) is 3. The van der Waals surface area contributed by atoms with Crippen molar-refractivity contribution in [2.24, 2.45) is 0 Å². The Hall–Kier alpha value is -2.76. The van der Waals surface area contributed by atoms with E-state index in [1.807, 2.05) is 19.9 Å². The Labute approximate surface area is 153 Å². The second kappa shape index (κ2) is 7.64. The van der Waals surface area contributed by atoms with Gasteiger partial charge in [-0.2, -0.15) is 0 Å². The molecule has 0 radical (unpaired) electrons. The lowest BCUT2D eigenvalue weighted by Crippen LogP contribution is -2.44. The SMILES string of the molecule is CC(=O)c1ccc(C(=O)N2CCCC(Oc3nc(C)cc(C)n3)C2)cc1.